The highest BCUT2D eigenvalue weighted by molar-refractivity contribution is 6.14. The van der Waals surface area contributed by atoms with Gasteiger partial charge in [-0.25, -0.2) is 0 Å². The minimum atomic E-state index is -0.250. The minimum absolute atomic E-state index is 0.127. The Morgan fingerprint density at radius 3 is 0.989 bits per heavy atom. The van der Waals surface area contributed by atoms with E-state index in [1.807, 2.05) is 0 Å². The molecule has 0 N–H and O–H groups in total. The molecule has 0 atom stereocenters. The van der Waals surface area contributed by atoms with E-state index in [2.05, 4.69) is 260 Å². The maximum atomic E-state index is 6.55. The largest absolute Gasteiger partial charge is 0.455 e. The lowest BCUT2D eigenvalue weighted by molar-refractivity contribution is 0.398. The lowest BCUT2D eigenvalue weighted by Crippen LogP contribution is -2.26. The van der Waals surface area contributed by atoms with Crippen molar-refractivity contribution in [3.63, 3.8) is 0 Å². The smallest absolute Gasteiger partial charge is 0.143 e. The number of rotatable bonds is 18. The molecule has 12 aromatic carbocycles. The first-order valence-electron chi connectivity index (χ1n) is 35.1. The molecule has 0 radical (unpaired) electrons. The van der Waals surface area contributed by atoms with E-state index in [4.69, 9.17) is 8.83 Å². The average molecular weight is 1210 g/mol. The zero-order valence-corrected chi connectivity index (χ0v) is 55.0. The van der Waals surface area contributed by atoms with Crippen LogP contribution in [-0.4, -0.2) is 0 Å². The second-order valence-corrected chi connectivity index (χ2v) is 28.8. The highest BCUT2D eigenvalue weighted by Crippen LogP contribution is 2.64. The van der Waals surface area contributed by atoms with Crippen molar-refractivity contribution in [3.8, 4) is 77.9 Å². The molecule has 2 nitrogen and oxygen atoms in total. The number of furan rings is 2. The van der Waals surface area contributed by atoms with Gasteiger partial charge in [0.2, 0.25) is 0 Å². The second kappa shape index (κ2) is 22.5. The van der Waals surface area contributed by atoms with E-state index in [9.17, 15) is 0 Å². The van der Waals surface area contributed by atoms with E-state index in [1.165, 1.54) is 189 Å². The summed E-state index contributed by atoms with van der Waals surface area (Å²) in [6.45, 7) is 14.7. The fraction of sp³-hybridized carbons (Fsp3) is 0.253. The first-order chi connectivity index (χ1) is 45.6. The number of hydrogen-bond donors (Lipinski definition) is 0. The van der Waals surface area contributed by atoms with Gasteiger partial charge < -0.3 is 8.83 Å². The second-order valence-electron chi connectivity index (χ2n) is 28.8. The van der Waals surface area contributed by atoms with Gasteiger partial charge in [-0.1, -0.05) is 288 Å². The van der Waals surface area contributed by atoms with Crippen LogP contribution >= 0.6 is 0 Å². The Balaban J connectivity index is 0.801. The molecule has 0 fully saturated rings. The molecule has 3 aliphatic rings. The summed E-state index contributed by atoms with van der Waals surface area (Å²) >= 11 is 0. The minimum Gasteiger partial charge on any atom is -0.455 e. The topological polar surface area (TPSA) is 26.3 Å². The van der Waals surface area contributed by atoms with E-state index < -0.39 is 0 Å². The van der Waals surface area contributed by atoms with Crippen LogP contribution in [0.5, 0.6) is 0 Å². The highest BCUT2D eigenvalue weighted by Gasteiger charge is 2.49. The summed E-state index contributed by atoms with van der Waals surface area (Å²) in [6.07, 6.45) is 17.8. The van der Waals surface area contributed by atoms with Crippen LogP contribution in [0.25, 0.3) is 143 Å². The van der Waals surface area contributed by atoms with Crippen molar-refractivity contribution in [1.82, 2.24) is 0 Å². The summed E-state index contributed by atoms with van der Waals surface area (Å²) in [4.78, 5) is 0. The molecule has 0 aliphatic heterocycles. The Morgan fingerprint density at radius 1 is 0.258 bits per heavy atom. The Labute approximate surface area is 548 Å². The molecule has 2 heteroatoms. The average Bonchev–Trinajstić information content (AvgIpc) is 1.52. The highest BCUT2D eigenvalue weighted by atomic mass is 16.3. The molecule has 2 aromatic heterocycles. The van der Waals surface area contributed by atoms with Gasteiger partial charge in [0, 0.05) is 48.9 Å². The van der Waals surface area contributed by atoms with E-state index in [0.29, 0.717) is 0 Å². The summed E-state index contributed by atoms with van der Waals surface area (Å²) in [7, 11) is 0. The molecule has 458 valence electrons. The number of para-hydroxylation sites is 4. The van der Waals surface area contributed by atoms with Crippen LogP contribution in [-0.2, 0) is 16.2 Å². The van der Waals surface area contributed by atoms with Gasteiger partial charge in [-0.05, 0) is 183 Å². The van der Waals surface area contributed by atoms with E-state index in [1.54, 1.807) is 11.1 Å². The van der Waals surface area contributed by atoms with Crippen molar-refractivity contribution >= 4 is 65.4 Å². The van der Waals surface area contributed by atoms with Crippen LogP contribution in [0.15, 0.2) is 227 Å². The third-order valence-electron chi connectivity index (χ3n) is 22.7. The first-order valence-corrected chi connectivity index (χ1v) is 35.1. The molecule has 0 unspecified atom stereocenters. The number of fused-ring (bicyclic) bond motifs is 19. The molecule has 0 amide bonds. The van der Waals surface area contributed by atoms with Crippen molar-refractivity contribution in [3.05, 3.63) is 252 Å². The summed E-state index contributed by atoms with van der Waals surface area (Å²) in [5.41, 5.74) is 30.3. The standard InChI is InChI=1S/C91H82O2/c1-7-9-11-13-15-25-49-91(50-26-16-14-12-10-8-2)79-55-75-77(89(3,4)81-51-71(63-29-17-19-33-67(63)85(75)81)59-45-41-57(42-46-59)61-35-27-37-69-65-31-21-23-39-83(65)92-87(61)69)53-73(79)74-54-78-76(56-80(74)91)86-68-34-20-18-30-64(68)72(52-82(86)90(78,5)6)60-47-43-58(44-48-60)62-36-28-38-70-66-32-22-24-40-84(66)93-88(62)70/h17-24,27-48,51-56H,7-16,25-26,49-50H2,1-6H3. The van der Waals surface area contributed by atoms with Gasteiger partial charge in [0.15, 0.2) is 0 Å². The van der Waals surface area contributed by atoms with Gasteiger partial charge in [0.25, 0.3) is 0 Å². The van der Waals surface area contributed by atoms with E-state index in [-0.39, 0.29) is 16.2 Å². The maximum Gasteiger partial charge on any atom is 0.143 e. The Kier molecular flexibility index (Phi) is 14.0. The monoisotopic (exact) mass is 1210 g/mol. The number of unbranched alkanes of at least 4 members (excludes halogenated alkanes) is 10. The molecule has 2 heterocycles. The first kappa shape index (κ1) is 57.6. The molecule has 14 aromatic rings. The molecular weight excluding hydrogens is 1120 g/mol. The summed E-state index contributed by atoms with van der Waals surface area (Å²) in [6, 6.07) is 83.2. The summed E-state index contributed by atoms with van der Waals surface area (Å²) in [5, 5.41) is 9.94. The van der Waals surface area contributed by atoms with Gasteiger partial charge in [-0.3, -0.25) is 0 Å². The van der Waals surface area contributed by atoms with E-state index in [0.717, 1.165) is 66.1 Å². The van der Waals surface area contributed by atoms with Crippen LogP contribution in [0.2, 0.25) is 0 Å². The van der Waals surface area contributed by atoms with Crippen LogP contribution in [0.3, 0.4) is 0 Å². The van der Waals surface area contributed by atoms with Crippen molar-refractivity contribution in [2.24, 2.45) is 0 Å². The zero-order valence-electron chi connectivity index (χ0n) is 55.0. The van der Waals surface area contributed by atoms with Crippen LogP contribution in [0, 0.1) is 0 Å². The van der Waals surface area contributed by atoms with E-state index >= 15 is 0 Å². The summed E-state index contributed by atoms with van der Waals surface area (Å²) in [5.74, 6) is 0. The van der Waals surface area contributed by atoms with Crippen LogP contribution < -0.4 is 0 Å². The Morgan fingerprint density at radius 2 is 0.581 bits per heavy atom. The molecule has 0 spiro atoms. The van der Waals surface area contributed by atoms with Crippen molar-refractivity contribution in [2.75, 3.05) is 0 Å². The third-order valence-corrected chi connectivity index (χ3v) is 22.7. The Bertz CT molecular complexity index is 4960. The Hall–Kier alpha value is -9.24. The van der Waals surface area contributed by atoms with Gasteiger partial charge in [-0.15, -0.1) is 0 Å². The van der Waals surface area contributed by atoms with Crippen LogP contribution in [0.4, 0.5) is 0 Å². The van der Waals surface area contributed by atoms with Crippen molar-refractivity contribution in [1.29, 1.82) is 0 Å². The van der Waals surface area contributed by atoms with Gasteiger partial charge in [0.05, 0.1) is 0 Å². The molecule has 0 saturated carbocycles. The molecule has 0 saturated heterocycles. The molecule has 93 heavy (non-hydrogen) atoms. The molecule has 0 bridgehead atoms. The van der Waals surface area contributed by atoms with Gasteiger partial charge >= 0.3 is 0 Å². The molecule has 3 aliphatic carbocycles. The quantitative estimate of drug-likeness (QED) is 0.0801. The van der Waals surface area contributed by atoms with Crippen molar-refractivity contribution < 1.29 is 8.83 Å². The maximum absolute atomic E-state index is 6.55. The third kappa shape index (κ3) is 9.01. The fourth-order valence-corrected chi connectivity index (χ4v) is 17.8. The number of hydrogen-bond acceptors (Lipinski definition) is 2. The lowest BCUT2D eigenvalue weighted by Gasteiger charge is -2.34. The van der Waals surface area contributed by atoms with Crippen molar-refractivity contribution in [2.45, 2.75) is 148 Å². The predicted molar refractivity (Wildman–Crippen MR) is 395 cm³/mol. The fourth-order valence-electron chi connectivity index (χ4n) is 17.8. The predicted octanol–water partition coefficient (Wildman–Crippen LogP) is 26.8. The summed E-state index contributed by atoms with van der Waals surface area (Å²) < 4.78 is 13.1. The van der Waals surface area contributed by atoms with Gasteiger partial charge in [-0.2, -0.15) is 0 Å². The van der Waals surface area contributed by atoms with Crippen LogP contribution in [0.1, 0.15) is 165 Å². The molecular formula is C91H82O2. The van der Waals surface area contributed by atoms with Gasteiger partial charge in [0.1, 0.15) is 22.3 Å². The normalized spacial score (nSPS) is 14.6. The SMILES string of the molecule is CCCCCCCCC1(CCCCCCCC)c2cc3c(cc2-c2cc4c(cc21)-c1c(cc(-c2ccc(-c5cccc6c5oc5ccccc56)cc2)c2ccccc12)C4(C)C)C(C)(C)c1cc(-c2ccc(-c4cccc5c4oc4ccccc45)cc2)c2ccccc2c1-3. The molecule has 17 rings (SSSR count). The number of benzene rings is 12. The lowest BCUT2D eigenvalue weighted by atomic mass is 9.69. The zero-order chi connectivity index (χ0) is 62.7.